The summed E-state index contributed by atoms with van der Waals surface area (Å²) in [6, 6.07) is 79.8. The predicted molar refractivity (Wildman–Crippen MR) is 232 cm³/mol. The predicted octanol–water partition coefficient (Wildman–Crippen LogP) is 15.1. The van der Waals surface area contributed by atoms with Crippen molar-refractivity contribution >= 4 is 32.3 Å². The molecule has 0 unspecified atom stereocenters. The Hall–Kier alpha value is -7.02. The van der Waals surface area contributed by atoms with E-state index in [-0.39, 0.29) is 0 Å². The van der Waals surface area contributed by atoms with Gasteiger partial charge in [-0.2, -0.15) is 0 Å². The van der Waals surface area contributed by atoms with E-state index in [1.807, 2.05) is 0 Å². The van der Waals surface area contributed by atoms with Crippen LogP contribution in [-0.4, -0.2) is 0 Å². The van der Waals surface area contributed by atoms with Crippen LogP contribution in [0.5, 0.6) is 0 Å². The number of hydrogen-bond acceptors (Lipinski definition) is 0. The Labute approximate surface area is 316 Å². The maximum Gasteiger partial charge on any atom is -0.00266 e. The van der Waals surface area contributed by atoms with Gasteiger partial charge in [-0.25, -0.2) is 0 Å². The fourth-order valence-corrected chi connectivity index (χ4v) is 8.17. The Bertz CT molecular complexity index is 2740. The fraction of sp³-hybridized carbons (Fsp3) is 0. The zero-order valence-electron chi connectivity index (χ0n) is 29.8. The lowest BCUT2D eigenvalue weighted by atomic mass is 9.84. The van der Waals surface area contributed by atoms with Crippen LogP contribution < -0.4 is 0 Å². The standard InChI is InChI=1S/C54H36/c1-5-13-37(14-6-1)41-21-23-45-35-47(27-25-43(45)33-41)49-29-31-52-51(53(49)39-17-9-3-10-18-39)32-30-50(54(52)40-19-11-4-12-20-40)48-28-26-44-34-42(22-24-46(44)36-48)38-15-7-2-8-16-38/h1-36H. The molecule has 0 radical (unpaired) electrons. The van der Waals surface area contributed by atoms with Gasteiger partial charge >= 0.3 is 0 Å². The van der Waals surface area contributed by atoms with Gasteiger partial charge in [0.25, 0.3) is 0 Å². The first-order valence-corrected chi connectivity index (χ1v) is 18.7. The van der Waals surface area contributed by atoms with Crippen molar-refractivity contribution in [3.05, 3.63) is 218 Å². The number of rotatable bonds is 6. The summed E-state index contributed by atoms with van der Waals surface area (Å²) in [5.41, 5.74) is 14.8. The lowest BCUT2D eigenvalue weighted by molar-refractivity contribution is 1.59. The van der Waals surface area contributed by atoms with Gasteiger partial charge in [-0.15, -0.1) is 0 Å². The smallest absolute Gasteiger partial charge is 0.00266 e. The maximum absolute atomic E-state index is 2.35. The molecule has 54 heavy (non-hydrogen) atoms. The van der Waals surface area contributed by atoms with Crippen molar-refractivity contribution in [2.45, 2.75) is 0 Å². The molecular formula is C54H36. The molecule has 252 valence electrons. The second-order valence-electron chi connectivity index (χ2n) is 14.1. The van der Waals surface area contributed by atoms with Gasteiger partial charge in [0.2, 0.25) is 0 Å². The van der Waals surface area contributed by atoms with Gasteiger partial charge in [0.15, 0.2) is 0 Å². The first-order valence-electron chi connectivity index (χ1n) is 18.7. The van der Waals surface area contributed by atoms with Gasteiger partial charge in [-0.05, 0) is 123 Å². The molecule has 0 aliphatic rings. The quantitative estimate of drug-likeness (QED) is 0.164. The third-order valence-corrected chi connectivity index (χ3v) is 10.8. The highest BCUT2D eigenvalue weighted by molar-refractivity contribution is 6.13. The minimum absolute atomic E-state index is 1.21. The van der Waals surface area contributed by atoms with E-state index in [1.165, 1.54) is 99.1 Å². The molecule has 0 aliphatic heterocycles. The molecule has 10 aromatic carbocycles. The largest absolute Gasteiger partial charge is 0.0622 e. The van der Waals surface area contributed by atoms with Crippen LogP contribution in [0, 0.1) is 0 Å². The van der Waals surface area contributed by atoms with E-state index in [4.69, 9.17) is 0 Å². The molecule has 0 saturated carbocycles. The molecule has 0 N–H and O–H groups in total. The first kappa shape index (κ1) is 31.7. The minimum atomic E-state index is 1.21. The highest BCUT2D eigenvalue weighted by Gasteiger charge is 2.18. The van der Waals surface area contributed by atoms with Crippen LogP contribution in [0.4, 0.5) is 0 Å². The Morgan fingerprint density at radius 2 is 0.481 bits per heavy atom. The molecule has 10 aromatic rings. The summed E-state index contributed by atoms with van der Waals surface area (Å²) in [5, 5.41) is 7.44. The SMILES string of the molecule is c1ccc(-c2ccc3cc(-c4ccc5c(-c6ccccc6)c(-c6ccc7cc(-c8ccccc8)ccc7c6)ccc5c4-c4ccccc4)ccc3c2)cc1. The summed E-state index contributed by atoms with van der Waals surface area (Å²) in [4.78, 5) is 0. The van der Waals surface area contributed by atoms with Crippen LogP contribution in [0.3, 0.4) is 0 Å². The zero-order chi connectivity index (χ0) is 35.8. The summed E-state index contributed by atoms with van der Waals surface area (Å²) in [7, 11) is 0. The topological polar surface area (TPSA) is 0 Å². The molecule has 0 heterocycles. The van der Waals surface area contributed by atoms with Crippen LogP contribution in [-0.2, 0) is 0 Å². The maximum atomic E-state index is 2.35. The second-order valence-corrected chi connectivity index (χ2v) is 14.1. The fourth-order valence-electron chi connectivity index (χ4n) is 8.17. The average Bonchev–Trinajstić information content (AvgIpc) is 3.26. The van der Waals surface area contributed by atoms with Crippen molar-refractivity contribution in [1.29, 1.82) is 0 Å². The van der Waals surface area contributed by atoms with Gasteiger partial charge in [0.05, 0.1) is 0 Å². The highest BCUT2D eigenvalue weighted by Crippen LogP contribution is 2.45. The molecule has 0 saturated heterocycles. The van der Waals surface area contributed by atoms with E-state index in [1.54, 1.807) is 0 Å². The molecule has 10 rings (SSSR count). The van der Waals surface area contributed by atoms with Gasteiger partial charge in [0, 0.05) is 0 Å². The third kappa shape index (κ3) is 5.75. The molecule has 0 heteroatoms. The summed E-state index contributed by atoms with van der Waals surface area (Å²) in [5.74, 6) is 0. The lowest BCUT2D eigenvalue weighted by Gasteiger charge is -2.20. The van der Waals surface area contributed by atoms with Crippen LogP contribution in [0.25, 0.3) is 99.1 Å². The Balaban J connectivity index is 1.15. The van der Waals surface area contributed by atoms with E-state index in [0.29, 0.717) is 0 Å². The van der Waals surface area contributed by atoms with Gasteiger partial charge in [0.1, 0.15) is 0 Å². The number of benzene rings is 10. The van der Waals surface area contributed by atoms with E-state index in [2.05, 4.69) is 218 Å². The lowest BCUT2D eigenvalue weighted by Crippen LogP contribution is -1.93. The molecule has 0 nitrogen and oxygen atoms in total. The molecule has 0 aliphatic carbocycles. The second kappa shape index (κ2) is 13.5. The zero-order valence-corrected chi connectivity index (χ0v) is 29.8. The highest BCUT2D eigenvalue weighted by atomic mass is 14.2. The monoisotopic (exact) mass is 684 g/mol. The molecule has 0 atom stereocenters. The van der Waals surface area contributed by atoms with Gasteiger partial charge < -0.3 is 0 Å². The Morgan fingerprint density at radius 1 is 0.185 bits per heavy atom. The number of hydrogen-bond donors (Lipinski definition) is 0. The Morgan fingerprint density at radius 3 is 0.833 bits per heavy atom. The molecule has 0 aromatic heterocycles. The Kier molecular flexibility index (Phi) is 7.93. The van der Waals surface area contributed by atoms with Crippen LogP contribution in [0.15, 0.2) is 218 Å². The summed E-state index contributed by atoms with van der Waals surface area (Å²) in [6.45, 7) is 0. The van der Waals surface area contributed by atoms with Crippen LogP contribution in [0.1, 0.15) is 0 Å². The van der Waals surface area contributed by atoms with Crippen molar-refractivity contribution in [3.8, 4) is 66.8 Å². The van der Waals surface area contributed by atoms with E-state index in [0.717, 1.165) is 0 Å². The molecule has 0 spiro atoms. The normalized spacial score (nSPS) is 11.3. The first-order chi connectivity index (χ1) is 26.8. The molecular weight excluding hydrogens is 649 g/mol. The summed E-state index contributed by atoms with van der Waals surface area (Å²) >= 11 is 0. The van der Waals surface area contributed by atoms with E-state index >= 15 is 0 Å². The van der Waals surface area contributed by atoms with Crippen molar-refractivity contribution in [2.75, 3.05) is 0 Å². The average molecular weight is 685 g/mol. The van der Waals surface area contributed by atoms with Crippen LogP contribution in [0.2, 0.25) is 0 Å². The van der Waals surface area contributed by atoms with Gasteiger partial charge in [-0.1, -0.05) is 194 Å². The van der Waals surface area contributed by atoms with Crippen molar-refractivity contribution in [3.63, 3.8) is 0 Å². The van der Waals surface area contributed by atoms with E-state index in [9.17, 15) is 0 Å². The summed E-state index contributed by atoms with van der Waals surface area (Å²) < 4.78 is 0. The van der Waals surface area contributed by atoms with Crippen molar-refractivity contribution in [2.24, 2.45) is 0 Å². The summed E-state index contributed by atoms with van der Waals surface area (Å²) in [6.07, 6.45) is 0. The van der Waals surface area contributed by atoms with E-state index < -0.39 is 0 Å². The van der Waals surface area contributed by atoms with Crippen LogP contribution >= 0.6 is 0 Å². The minimum Gasteiger partial charge on any atom is -0.0622 e. The molecule has 0 fully saturated rings. The molecule has 0 bridgehead atoms. The number of fused-ring (bicyclic) bond motifs is 3. The van der Waals surface area contributed by atoms with Gasteiger partial charge in [-0.3, -0.25) is 0 Å². The van der Waals surface area contributed by atoms with Crippen molar-refractivity contribution < 1.29 is 0 Å². The third-order valence-electron chi connectivity index (χ3n) is 10.8. The molecule has 0 amide bonds. The van der Waals surface area contributed by atoms with Crippen molar-refractivity contribution in [1.82, 2.24) is 0 Å².